The average molecular weight is 322 g/mol. The van der Waals surface area contributed by atoms with E-state index in [-0.39, 0.29) is 0 Å². The van der Waals surface area contributed by atoms with E-state index in [0.29, 0.717) is 6.04 Å². The third-order valence-electron chi connectivity index (χ3n) is 2.00. The van der Waals surface area contributed by atoms with Crippen molar-refractivity contribution in [1.82, 2.24) is 14.8 Å². The normalized spacial score (nSPS) is 11.5. The first-order valence-corrected chi connectivity index (χ1v) is 5.74. The number of pyridine rings is 1. The number of aromatic nitrogens is 3. The lowest BCUT2D eigenvalue weighted by Gasteiger charge is -2.06. The zero-order chi connectivity index (χ0) is 10.3. The Balaban J connectivity index is 2.77. The van der Waals surface area contributed by atoms with E-state index in [1.807, 2.05) is 4.68 Å². The van der Waals surface area contributed by atoms with E-state index in [1.165, 1.54) is 0 Å². The maximum atomic E-state index is 6.14. The van der Waals surface area contributed by atoms with Crippen molar-refractivity contribution >= 4 is 45.2 Å². The molecule has 0 fully saturated rings. The summed E-state index contributed by atoms with van der Waals surface area (Å²) < 4.78 is 2.83. The van der Waals surface area contributed by atoms with Crippen molar-refractivity contribution < 1.29 is 0 Å². The standard InChI is InChI=1S/C9H9ClIN3/c1-5(2)14-9-6(3-13-14)8(10)7(11)4-12-9/h3-5H,1-2H3. The van der Waals surface area contributed by atoms with Gasteiger partial charge in [-0.25, -0.2) is 9.67 Å². The highest BCUT2D eigenvalue weighted by Crippen LogP contribution is 2.27. The van der Waals surface area contributed by atoms with Crippen LogP contribution in [0.4, 0.5) is 0 Å². The molecule has 0 aromatic carbocycles. The van der Waals surface area contributed by atoms with Gasteiger partial charge in [-0.1, -0.05) is 11.6 Å². The summed E-state index contributed by atoms with van der Waals surface area (Å²) in [5, 5.41) is 5.92. The van der Waals surface area contributed by atoms with Crippen LogP contribution in [0.1, 0.15) is 19.9 Å². The second-order valence-electron chi connectivity index (χ2n) is 3.34. The van der Waals surface area contributed by atoms with E-state index in [1.54, 1.807) is 12.4 Å². The molecular weight excluding hydrogens is 312 g/mol. The molecule has 2 rings (SSSR count). The highest BCUT2D eigenvalue weighted by Gasteiger charge is 2.11. The number of nitrogens with zero attached hydrogens (tertiary/aromatic N) is 3. The summed E-state index contributed by atoms with van der Waals surface area (Å²) in [4.78, 5) is 4.33. The molecule has 3 nitrogen and oxygen atoms in total. The first-order valence-electron chi connectivity index (χ1n) is 4.28. The van der Waals surface area contributed by atoms with Gasteiger partial charge in [-0.2, -0.15) is 5.10 Å². The highest BCUT2D eigenvalue weighted by molar-refractivity contribution is 14.1. The number of halogens is 2. The predicted molar refractivity (Wildman–Crippen MR) is 65.6 cm³/mol. The molecule has 5 heteroatoms. The number of rotatable bonds is 1. The van der Waals surface area contributed by atoms with Crippen LogP contribution in [0.5, 0.6) is 0 Å². The van der Waals surface area contributed by atoms with Gasteiger partial charge in [-0.05, 0) is 36.4 Å². The van der Waals surface area contributed by atoms with Gasteiger partial charge in [-0.3, -0.25) is 0 Å². The van der Waals surface area contributed by atoms with Crippen molar-refractivity contribution in [3.05, 3.63) is 21.0 Å². The SMILES string of the molecule is CC(C)n1ncc2c(Cl)c(I)cnc21. The molecular formula is C9H9ClIN3. The molecule has 0 saturated heterocycles. The third-order valence-corrected chi connectivity index (χ3v) is 3.55. The summed E-state index contributed by atoms with van der Waals surface area (Å²) in [7, 11) is 0. The number of fused-ring (bicyclic) bond motifs is 1. The molecule has 14 heavy (non-hydrogen) atoms. The monoisotopic (exact) mass is 321 g/mol. The van der Waals surface area contributed by atoms with Crippen LogP contribution in [0.15, 0.2) is 12.4 Å². The lowest BCUT2D eigenvalue weighted by molar-refractivity contribution is 0.546. The lowest BCUT2D eigenvalue weighted by atomic mass is 10.3. The third kappa shape index (κ3) is 1.50. The fraction of sp³-hybridized carbons (Fsp3) is 0.333. The van der Waals surface area contributed by atoms with E-state index in [2.05, 4.69) is 46.5 Å². The molecule has 0 unspecified atom stereocenters. The van der Waals surface area contributed by atoms with E-state index in [9.17, 15) is 0 Å². The van der Waals surface area contributed by atoms with Gasteiger partial charge in [0.1, 0.15) is 0 Å². The summed E-state index contributed by atoms with van der Waals surface area (Å²) in [6.07, 6.45) is 3.54. The van der Waals surface area contributed by atoms with Gasteiger partial charge in [0, 0.05) is 12.2 Å². The van der Waals surface area contributed by atoms with E-state index >= 15 is 0 Å². The van der Waals surface area contributed by atoms with Crippen LogP contribution >= 0.6 is 34.2 Å². The molecule has 2 aromatic heterocycles. The summed E-state index contributed by atoms with van der Waals surface area (Å²) in [5.41, 5.74) is 0.852. The molecule has 0 aliphatic heterocycles. The zero-order valence-corrected chi connectivity index (χ0v) is 10.7. The molecule has 0 bridgehead atoms. The molecule has 0 radical (unpaired) electrons. The maximum absolute atomic E-state index is 6.14. The van der Waals surface area contributed by atoms with Gasteiger partial charge >= 0.3 is 0 Å². The molecule has 74 valence electrons. The highest BCUT2D eigenvalue weighted by atomic mass is 127. The van der Waals surface area contributed by atoms with Crippen molar-refractivity contribution in [3.8, 4) is 0 Å². The van der Waals surface area contributed by atoms with Crippen LogP contribution in [0, 0.1) is 3.57 Å². The first-order chi connectivity index (χ1) is 6.61. The van der Waals surface area contributed by atoms with Crippen LogP contribution in [0.3, 0.4) is 0 Å². The Kier molecular flexibility index (Phi) is 2.66. The van der Waals surface area contributed by atoms with Gasteiger partial charge in [0.2, 0.25) is 0 Å². The minimum atomic E-state index is 0.302. The van der Waals surface area contributed by atoms with E-state index in [0.717, 1.165) is 19.6 Å². The van der Waals surface area contributed by atoms with Crippen molar-refractivity contribution in [3.63, 3.8) is 0 Å². The zero-order valence-electron chi connectivity index (χ0n) is 7.83. The van der Waals surface area contributed by atoms with Crippen LogP contribution < -0.4 is 0 Å². The fourth-order valence-corrected chi connectivity index (χ4v) is 1.93. The Morgan fingerprint density at radius 3 is 2.79 bits per heavy atom. The first kappa shape index (κ1) is 10.2. The van der Waals surface area contributed by atoms with Crippen molar-refractivity contribution in [2.45, 2.75) is 19.9 Å². The minimum absolute atomic E-state index is 0.302. The van der Waals surface area contributed by atoms with Crippen molar-refractivity contribution in [2.24, 2.45) is 0 Å². The summed E-state index contributed by atoms with van der Waals surface area (Å²) in [5.74, 6) is 0. The van der Waals surface area contributed by atoms with E-state index in [4.69, 9.17) is 11.6 Å². The Hall–Kier alpha value is -0.360. The molecule has 0 aliphatic carbocycles. The van der Waals surface area contributed by atoms with E-state index < -0.39 is 0 Å². The second-order valence-corrected chi connectivity index (χ2v) is 4.88. The smallest absolute Gasteiger partial charge is 0.159 e. The Morgan fingerprint density at radius 1 is 1.43 bits per heavy atom. The molecule has 0 N–H and O–H groups in total. The summed E-state index contributed by atoms with van der Waals surface area (Å²) >= 11 is 8.31. The molecule has 0 atom stereocenters. The fourth-order valence-electron chi connectivity index (χ4n) is 1.32. The minimum Gasteiger partial charge on any atom is -0.245 e. The van der Waals surface area contributed by atoms with Crippen LogP contribution in [0.25, 0.3) is 11.0 Å². The average Bonchev–Trinajstić information content (AvgIpc) is 2.55. The van der Waals surface area contributed by atoms with Crippen LogP contribution in [-0.4, -0.2) is 14.8 Å². The van der Waals surface area contributed by atoms with Gasteiger partial charge < -0.3 is 0 Å². The Labute approximate surface area is 101 Å². The molecule has 0 amide bonds. The van der Waals surface area contributed by atoms with Crippen molar-refractivity contribution in [1.29, 1.82) is 0 Å². The number of hydrogen-bond acceptors (Lipinski definition) is 2. The molecule has 2 heterocycles. The van der Waals surface area contributed by atoms with Crippen LogP contribution in [0.2, 0.25) is 5.02 Å². The summed E-state index contributed by atoms with van der Waals surface area (Å²) in [6.45, 7) is 4.14. The quantitative estimate of drug-likeness (QED) is 0.755. The Morgan fingerprint density at radius 2 is 2.14 bits per heavy atom. The largest absolute Gasteiger partial charge is 0.245 e. The molecule has 0 spiro atoms. The predicted octanol–water partition coefficient (Wildman–Crippen LogP) is 3.27. The molecule has 2 aromatic rings. The van der Waals surface area contributed by atoms with Gasteiger partial charge in [0.25, 0.3) is 0 Å². The van der Waals surface area contributed by atoms with Gasteiger partial charge in [0.05, 0.1) is 20.2 Å². The second kappa shape index (κ2) is 3.66. The van der Waals surface area contributed by atoms with Gasteiger partial charge in [0.15, 0.2) is 5.65 Å². The summed E-state index contributed by atoms with van der Waals surface area (Å²) in [6, 6.07) is 0.302. The molecule has 0 saturated carbocycles. The lowest BCUT2D eigenvalue weighted by Crippen LogP contribution is -2.03. The molecule has 0 aliphatic rings. The van der Waals surface area contributed by atoms with Crippen molar-refractivity contribution in [2.75, 3.05) is 0 Å². The van der Waals surface area contributed by atoms with Crippen LogP contribution in [-0.2, 0) is 0 Å². The number of hydrogen-bond donors (Lipinski definition) is 0. The van der Waals surface area contributed by atoms with Gasteiger partial charge in [-0.15, -0.1) is 0 Å². The maximum Gasteiger partial charge on any atom is 0.159 e. The topological polar surface area (TPSA) is 30.7 Å². The Bertz CT molecular complexity index is 478.